The molecule has 0 aliphatic carbocycles. The molecule has 1 aliphatic rings. The minimum absolute atomic E-state index is 0.133. The number of carboxylic acids is 1. The van der Waals surface area contributed by atoms with E-state index in [1.165, 1.54) is 21.8 Å². The highest BCUT2D eigenvalue weighted by molar-refractivity contribution is 7.14. The predicted molar refractivity (Wildman–Crippen MR) is 128 cm³/mol. The highest BCUT2D eigenvalue weighted by Gasteiger charge is 2.21. The molecule has 0 bridgehead atoms. The first-order valence-electron chi connectivity index (χ1n) is 11.2. The number of hydrogen-bond acceptors (Lipinski definition) is 7. The number of carbonyl (C=O) groups excluding carboxylic acids is 1. The van der Waals surface area contributed by atoms with Crippen LogP contribution >= 0.6 is 11.3 Å². The van der Waals surface area contributed by atoms with Gasteiger partial charge in [0.05, 0.1) is 17.6 Å². The molecule has 8 nitrogen and oxygen atoms in total. The van der Waals surface area contributed by atoms with Crippen LogP contribution in [0.4, 0.5) is 0 Å². The van der Waals surface area contributed by atoms with Crippen LogP contribution in [0.25, 0.3) is 0 Å². The maximum Gasteiger partial charge on any atom is 0.344 e. The largest absolute Gasteiger partial charge is 0.482 e. The lowest BCUT2D eigenvalue weighted by Crippen LogP contribution is -2.30. The summed E-state index contributed by atoms with van der Waals surface area (Å²) in [6.07, 6.45) is 3.20. The number of aliphatic carboxylic acids is 1. The second-order valence-electron chi connectivity index (χ2n) is 7.91. The number of benzene rings is 1. The molecule has 2 atom stereocenters. The Kier molecular flexibility index (Phi) is 7.76. The molecule has 4 rings (SSSR count). The Bertz CT molecular complexity index is 1090. The number of nitrogens with one attached hydrogen (secondary N) is 2. The van der Waals surface area contributed by atoms with Crippen molar-refractivity contribution < 1.29 is 24.2 Å². The van der Waals surface area contributed by atoms with Gasteiger partial charge in [0.25, 0.3) is 5.91 Å². The minimum Gasteiger partial charge on any atom is -0.482 e. The van der Waals surface area contributed by atoms with Gasteiger partial charge in [-0.25, -0.2) is 4.79 Å². The number of carbonyl (C=O) groups is 2. The number of nitrogens with zero attached hydrogens (tertiary/aromatic N) is 1. The third-order valence-corrected chi connectivity index (χ3v) is 6.74. The number of carboxylic acid groups (broad SMARTS) is 1. The van der Waals surface area contributed by atoms with Crippen LogP contribution in [0.3, 0.4) is 0 Å². The molecule has 1 aromatic carbocycles. The number of amides is 1. The molecule has 0 radical (unpaired) electrons. The summed E-state index contributed by atoms with van der Waals surface area (Å²) < 4.78 is 11.7. The molecule has 0 spiro atoms. The summed E-state index contributed by atoms with van der Waals surface area (Å²) in [4.78, 5) is 30.2. The summed E-state index contributed by atoms with van der Waals surface area (Å²) in [6.45, 7) is 3.73. The summed E-state index contributed by atoms with van der Waals surface area (Å²) in [5.41, 5.74) is 2.00. The molecular weight excluding hydrogens is 454 g/mol. The maximum absolute atomic E-state index is 12.9. The molecule has 3 aromatic rings. The molecule has 3 N–H and O–H groups in total. The summed E-state index contributed by atoms with van der Waals surface area (Å²) in [7, 11) is 0. The third kappa shape index (κ3) is 5.92. The molecule has 2 unspecified atom stereocenters. The van der Waals surface area contributed by atoms with Gasteiger partial charge in [-0.05, 0) is 54.3 Å². The Morgan fingerprint density at radius 1 is 1.21 bits per heavy atom. The fraction of sp³-hybridized carbons (Fsp3) is 0.320. The molecule has 1 amide bonds. The summed E-state index contributed by atoms with van der Waals surface area (Å²) in [5.74, 6) is -0.0962. The fourth-order valence-corrected chi connectivity index (χ4v) is 4.78. The molecule has 2 aromatic heterocycles. The van der Waals surface area contributed by atoms with Gasteiger partial charge in [-0.15, -0.1) is 11.3 Å². The van der Waals surface area contributed by atoms with Crippen LogP contribution < -0.4 is 20.1 Å². The number of ether oxygens (including phenoxy) is 2. The van der Waals surface area contributed by atoms with Crippen molar-refractivity contribution in [3.8, 4) is 11.5 Å². The maximum atomic E-state index is 12.9. The highest BCUT2D eigenvalue weighted by atomic mass is 32.1. The van der Waals surface area contributed by atoms with E-state index >= 15 is 0 Å². The summed E-state index contributed by atoms with van der Waals surface area (Å²) in [5, 5.41) is 15.5. The van der Waals surface area contributed by atoms with Crippen LogP contribution in [-0.2, 0) is 17.8 Å². The number of thiophene rings is 1. The zero-order valence-electron chi connectivity index (χ0n) is 18.8. The summed E-state index contributed by atoms with van der Waals surface area (Å²) >= 11 is 1.54. The number of aromatic nitrogens is 1. The van der Waals surface area contributed by atoms with Crippen molar-refractivity contribution in [3.63, 3.8) is 0 Å². The fourth-order valence-electron chi connectivity index (χ4n) is 3.68. The summed E-state index contributed by atoms with van der Waals surface area (Å²) in [6, 6.07) is 12.6. The number of rotatable bonds is 10. The Morgan fingerprint density at radius 3 is 2.71 bits per heavy atom. The van der Waals surface area contributed by atoms with E-state index in [1.54, 1.807) is 43.6 Å². The van der Waals surface area contributed by atoms with E-state index < -0.39 is 18.2 Å². The second kappa shape index (κ2) is 11.1. The standard InChI is InChI=1S/C25H27N3O5S/c1-2-20(25(30)31)32-18-7-5-16(6-8-18)21(33-19-4-3-10-26-14-19)15-28-24(29)23-12-17-13-27-11-9-22(17)34-23/h3-8,10,12,14,20-21,27H,2,9,11,13,15H2,1H3,(H,28,29)(H,30,31). The zero-order chi connectivity index (χ0) is 23.9. The van der Waals surface area contributed by atoms with Gasteiger partial charge >= 0.3 is 5.97 Å². The molecule has 0 fully saturated rings. The van der Waals surface area contributed by atoms with E-state index in [0.717, 1.165) is 25.1 Å². The van der Waals surface area contributed by atoms with E-state index in [9.17, 15) is 14.7 Å². The minimum atomic E-state index is -1.00. The SMILES string of the molecule is CCC(Oc1ccc(C(CNC(=O)c2cc3c(s2)CCNC3)Oc2cccnc2)cc1)C(=O)O. The number of pyridine rings is 1. The lowest BCUT2D eigenvalue weighted by molar-refractivity contribution is -0.145. The van der Waals surface area contributed by atoms with Crippen LogP contribution in [-0.4, -0.2) is 41.2 Å². The first-order valence-corrected chi connectivity index (χ1v) is 12.0. The first-order chi connectivity index (χ1) is 16.5. The second-order valence-corrected chi connectivity index (χ2v) is 9.05. The number of hydrogen-bond donors (Lipinski definition) is 3. The van der Waals surface area contributed by atoms with Gasteiger partial charge < -0.3 is 25.2 Å². The van der Waals surface area contributed by atoms with Crippen LogP contribution in [0.15, 0.2) is 54.9 Å². The van der Waals surface area contributed by atoms with Crippen molar-refractivity contribution in [3.05, 3.63) is 75.7 Å². The van der Waals surface area contributed by atoms with Crippen LogP contribution in [0.5, 0.6) is 11.5 Å². The van der Waals surface area contributed by atoms with Gasteiger partial charge in [-0.3, -0.25) is 9.78 Å². The van der Waals surface area contributed by atoms with Crippen molar-refractivity contribution in [2.24, 2.45) is 0 Å². The smallest absolute Gasteiger partial charge is 0.344 e. The molecule has 0 saturated carbocycles. The van der Waals surface area contributed by atoms with Crippen molar-refractivity contribution >= 4 is 23.2 Å². The molecule has 9 heteroatoms. The average molecular weight is 482 g/mol. The Labute approximate surface area is 201 Å². The molecule has 1 aliphatic heterocycles. The van der Waals surface area contributed by atoms with Gasteiger partial charge in [0.1, 0.15) is 17.6 Å². The number of fused-ring (bicyclic) bond motifs is 1. The van der Waals surface area contributed by atoms with Gasteiger partial charge in [0.2, 0.25) is 0 Å². The van der Waals surface area contributed by atoms with E-state index in [4.69, 9.17) is 9.47 Å². The van der Waals surface area contributed by atoms with Crippen LogP contribution in [0, 0.1) is 0 Å². The third-order valence-electron chi connectivity index (χ3n) is 5.50. The Hall–Kier alpha value is -3.43. The molecule has 178 valence electrons. The zero-order valence-corrected chi connectivity index (χ0v) is 19.6. The van der Waals surface area contributed by atoms with Crippen molar-refractivity contribution in [2.75, 3.05) is 13.1 Å². The van der Waals surface area contributed by atoms with Crippen molar-refractivity contribution in [2.45, 2.75) is 38.5 Å². The molecule has 3 heterocycles. The van der Waals surface area contributed by atoms with E-state index in [-0.39, 0.29) is 12.5 Å². The van der Waals surface area contributed by atoms with E-state index in [1.807, 2.05) is 18.2 Å². The Balaban J connectivity index is 1.47. The van der Waals surface area contributed by atoms with Gasteiger partial charge in [-0.2, -0.15) is 0 Å². The van der Waals surface area contributed by atoms with Crippen LogP contribution in [0.1, 0.15) is 45.1 Å². The average Bonchev–Trinajstić information content (AvgIpc) is 3.30. The van der Waals surface area contributed by atoms with E-state index in [0.29, 0.717) is 22.8 Å². The monoisotopic (exact) mass is 481 g/mol. The topological polar surface area (TPSA) is 110 Å². The first kappa shape index (κ1) is 23.7. The van der Waals surface area contributed by atoms with Gasteiger partial charge in [0, 0.05) is 24.2 Å². The molecule has 0 saturated heterocycles. The molecular formula is C25H27N3O5S. The Morgan fingerprint density at radius 2 is 2.03 bits per heavy atom. The quantitative estimate of drug-likeness (QED) is 0.406. The van der Waals surface area contributed by atoms with Gasteiger partial charge in [0.15, 0.2) is 6.10 Å². The highest BCUT2D eigenvalue weighted by Crippen LogP contribution is 2.27. The predicted octanol–water partition coefficient (Wildman–Crippen LogP) is 3.58. The van der Waals surface area contributed by atoms with E-state index in [2.05, 4.69) is 15.6 Å². The lowest BCUT2D eigenvalue weighted by Gasteiger charge is -2.20. The van der Waals surface area contributed by atoms with Crippen molar-refractivity contribution in [1.29, 1.82) is 0 Å². The molecule has 34 heavy (non-hydrogen) atoms. The lowest BCUT2D eigenvalue weighted by atomic mass is 10.1. The van der Waals surface area contributed by atoms with Crippen LogP contribution in [0.2, 0.25) is 0 Å². The van der Waals surface area contributed by atoms with Gasteiger partial charge in [-0.1, -0.05) is 19.1 Å². The normalized spacial score (nSPS) is 14.5. The van der Waals surface area contributed by atoms with Crippen molar-refractivity contribution in [1.82, 2.24) is 15.6 Å².